The molecule has 24 heavy (non-hydrogen) atoms. The van der Waals surface area contributed by atoms with Gasteiger partial charge in [-0.15, -0.1) is 0 Å². The molecule has 2 fully saturated rings. The van der Waals surface area contributed by atoms with E-state index in [1.165, 1.54) is 14.0 Å². The lowest BCUT2D eigenvalue weighted by atomic mass is 9.96. The fourth-order valence-electron chi connectivity index (χ4n) is 3.03. The summed E-state index contributed by atoms with van der Waals surface area (Å²) >= 11 is 0. The summed E-state index contributed by atoms with van der Waals surface area (Å²) in [4.78, 5) is 11.5. The molecule has 0 aromatic carbocycles. The minimum absolute atomic E-state index is 0.331. The normalized spacial score (nSPS) is 43.4. The number of aliphatic hydroxyl groups excluding tert-OH is 3. The first kappa shape index (κ1) is 19.5. The molecule has 140 valence electrons. The Bertz CT molecular complexity index is 422. The van der Waals surface area contributed by atoms with Crippen LogP contribution in [0, 0.1) is 0 Å². The highest BCUT2D eigenvalue weighted by atomic mass is 16.7. The fourth-order valence-corrected chi connectivity index (χ4v) is 3.03. The van der Waals surface area contributed by atoms with E-state index in [1.54, 1.807) is 6.92 Å². The molecular formula is C15H27NO8. The zero-order valence-electron chi connectivity index (χ0n) is 14.1. The van der Waals surface area contributed by atoms with Crippen LogP contribution in [0.2, 0.25) is 0 Å². The smallest absolute Gasteiger partial charge is 0.217 e. The Morgan fingerprint density at radius 1 is 1.29 bits per heavy atom. The van der Waals surface area contributed by atoms with Gasteiger partial charge in [0.1, 0.15) is 24.4 Å². The van der Waals surface area contributed by atoms with E-state index in [0.29, 0.717) is 12.8 Å². The van der Waals surface area contributed by atoms with Crippen LogP contribution in [0.15, 0.2) is 0 Å². The second kappa shape index (κ2) is 8.52. The molecule has 0 saturated carbocycles. The van der Waals surface area contributed by atoms with Gasteiger partial charge in [0, 0.05) is 20.5 Å². The van der Waals surface area contributed by atoms with Gasteiger partial charge in [0.15, 0.2) is 12.6 Å². The number of methoxy groups -OCH3 is 1. The highest BCUT2D eigenvalue weighted by molar-refractivity contribution is 5.73. The third-order valence-corrected chi connectivity index (χ3v) is 4.37. The number of nitrogens with one attached hydrogen (secondary N) is 1. The fraction of sp³-hybridized carbons (Fsp3) is 0.933. The number of hydrogen-bond donors (Lipinski definition) is 4. The molecule has 0 spiro atoms. The van der Waals surface area contributed by atoms with E-state index in [-0.39, 0.29) is 5.91 Å². The van der Waals surface area contributed by atoms with Gasteiger partial charge in [0.25, 0.3) is 0 Å². The summed E-state index contributed by atoms with van der Waals surface area (Å²) in [5.74, 6) is -0.331. The maximum absolute atomic E-state index is 11.5. The largest absolute Gasteiger partial charge is 0.394 e. The van der Waals surface area contributed by atoms with Crippen molar-refractivity contribution in [3.63, 3.8) is 0 Å². The minimum atomic E-state index is -1.18. The first-order valence-corrected chi connectivity index (χ1v) is 8.10. The van der Waals surface area contributed by atoms with E-state index in [4.69, 9.17) is 18.9 Å². The third kappa shape index (κ3) is 4.42. The number of ether oxygens (including phenoxy) is 4. The SMILES string of the molecule is CO[C@@H]1O[C@H](CO)[C@H](O)[C@H](O[C@H]2CC[C@H](O)[C@@H](C)O2)[C@H]1NC(C)=O. The Morgan fingerprint density at radius 2 is 2.00 bits per heavy atom. The summed E-state index contributed by atoms with van der Waals surface area (Å²) in [6.45, 7) is 2.65. The molecule has 1 amide bonds. The summed E-state index contributed by atoms with van der Waals surface area (Å²) in [6, 6.07) is -0.768. The lowest BCUT2D eigenvalue weighted by molar-refractivity contribution is -0.308. The van der Waals surface area contributed by atoms with Crippen molar-refractivity contribution in [1.29, 1.82) is 0 Å². The van der Waals surface area contributed by atoms with E-state index in [9.17, 15) is 20.1 Å². The van der Waals surface area contributed by atoms with Crippen molar-refractivity contribution in [1.82, 2.24) is 5.32 Å². The Hall–Kier alpha value is -0.810. The molecule has 4 N–H and O–H groups in total. The average Bonchev–Trinajstić information content (AvgIpc) is 2.54. The molecule has 2 heterocycles. The number of carbonyl (C=O) groups is 1. The van der Waals surface area contributed by atoms with Crippen LogP contribution in [0.1, 0.15) is 26.7 Å². The first-order valence-electron chi connectivity index (χ1n) is 8.10. The summed E-state index contributed by atoms with van der Waals surface area (Å²) in [7, 11) is 1.40. The molecule has 0 radical (unpaired) electrons. The van der Waals surface area contributed by atoms with Crippen molar-refractivity contribution in [3.05, 3.63) is 0 Å². The Kier molecular flexibility index (Phi) is 6.93. The number of amides is 1. The van der Waals surface area contributed by atoms with Crippen LogP contribution in [-0.4, -0.2) is 84.1 Å². The quantitative estimate of drug-likeness (QED) is 0.472. The Morgan fingerprint density at radius 3 is 2.54 bits per heavy atom. The molecule has 2 aliphatic heterocycles. The van der Waals surface area contributed by atoms with Gasteiger partial charge in [-0.25, -0.2) is 0 Å². The molecule has 0 aromatic rings. The van der Waals surface area contributed by atoms with E-state index in [1.807, 2.05) is 0 Å². The molecule has 0 bridgehead atoms. The molecule has 9 heteroatoms. The Balaban J connectivity index is 2.14. The second-order valence-corrected chi connectivity index (χ2v) is 6.19. The monoisotopic (exact) mass is 349 g/mol. The van der Waals surface area contributed by atoms with Crippen LogP contribution in [0.25, 0.3) is 0 Å². The van der Waals surface area contributed by atoms with Crippen molar-refractivity contribution < 1.29 is 39.1 Å². The van der Waals surface area contributed by atoms with Gasteiger partial charge in [0.05, 0.1) is 18.8 Å². The standard InChI is InChI=1S/C15H27NO8/c1-7-9(19)4-5-11(22-7)24-14-12(16-8(2)18)15(21-3)23-10(6-17)13(14)20/h7,9-15,17,19-20H,4-6H2,1-3H3,(H,16,18)/t7-,9+,10-,11+,12-,13+,14-,15-/m1/s1. The predicted octanol–water partition coefficient (Wildman–Crippen LogP) is -1.51. The minimum Gasteiger partial charge on any atom is -0.394 e. The van der Waals surface area contributed by atoms with Gasteiger partial charge in [-0.1, -0.05) is 0 Å². The van der Waals surface area contributed by atoms with Gasteiger partial charge in [-0.3, -0.25) is 4.79 Å². The van der Waals surface area contributed by atoms with E-state index in [2.05, 4.69) is 5.32 Å². The van der Waals surface area contributed by atoms with Crippen LogP contribution in [-0.2, 0) is 23.7 Å². The lowest BCUT2D eigenvalue weighted by Gasteiger charge is -2.45. The van der Waals surface area contributed by atoms with Gasteiger partial charge < -0.3 is 39.6 Å². The van der Waals surface area contributed by atoms with Crippen molar-refractivity contribution in [3.8, 4) is 0 Å². The van der Waals surface area contributed by atoms with Gasteiger partial charge in [-0.2, -0.15) is 0 Å². The van der Waals surface area contributed by atoms with E-state index in [0.717, 1.165) is 0 Å². The summed E-state index contributed by atoms with van der Waals surface area (Å²) in [6.07, 6.45) is -4.51. The summed E-state index contributed by atoms with van der Waals surface area (Å²) in [5.41, 5.74) is 0. The van der Waals surface area contributed by atoms with Crippen molar-refractivity contribution in [2.75, 3.05) is 13.7 Å². The average molecular weight is 349 g/mol. The predicted molar refractivity (Wildman–Crippen MR) is 80.8 cm³/mol. The first-order chi connectivity index (χ1) is 11.4. The van der Waals surface area contributed by atoms with Crippen LogP contribution in [0.5, 0.6) is 0 Å². The van der Waals surface area contributed by atoms with Crippen LogP contribution in [0.3, 0.4) is 0 Å². The van der Waals surface area contributed by atoms with Crippen molar-refractivity contribution in [2.24, 2.45) is 0 Å². The van der Waals surface area contributed by atoms with Crippen LogP contribution < -0.4 is 5.32 Å². The molecule has 0 aliphatic carbocycles. The van der Waals surface area contributed by atoms with Crippen molar-refractivity contribution >= 4 is 5.91 Å². The van der Waals surface area contributed by atoms with Gasteiger partial charge in [0.2, 0.25) is 5.91 Å². The molecule has 2 aliphatic rings. The number of rotatable bonds is 5. The molecular weight excluding hydrogens is 322 g/mol. The number of carbonyl (C=O) groups excluding carboxylic acids is 1. The van der Waals surface area contributed by atoms with Crippen LogP contribution >= 0.6 is 0 Å². The van der Waals surface area contributed by atoms with E-state index >= 15 is 0 Å². The lowest BCUT2D eigenvalue weighted by Crippen LogP contribution is -2.66. The van der Waals surface area contributed by atoms with Gasteiger partial charge >= 0.3 is 0 Å². The maximum atomic E-state index is 11.5. The Labute approximate surface area is 140 Å². The van der Waals surface area contributed by atoms with E-state index < -0.39 is 55.7 Å². The van der Waals surface area contributed by atoms with Crippen LogP contribution in [0.4, 0.5) is 0 Å². The number of hydrogen-bond acceptors (Lipinski definition) is 8. The molecule has 0 unspecified atom stereocenters. The highest BCUT2D eigenvalue weighted by Crippen LogP contribution is 2.28. The highest BCUT2D eigenvalue weighted by Gasteiger charge is 2.48. The molecule has 8 atom stereocenters. The summed E-state index contributed by atoms with van der Waals surface area (Å²) < 4.78 is 22.2. The zero-order valence-corrected chi connectivity index (χ0v) is 14.1. The second-order valence-electron chi connectivity index (χ2n) is 6.19. The third-order valence-electron chi connectivity index (χ3n) is 4.37. The topological polar surface area (TPSA) is 127 Å². The maximum Gasteiger partial charge on any atom is 0.217 e. The summed E-state index contributed by atoms with van der Waals surface area (Å²) in [5, 5.41) is 32.2. The molecule has 2 rings (SSSR count). The molecule has 9 nitrogen and oxygen atoms in total. The molecule has 2 saturated heterocycles. The van der Waals surface area contributed by atoms with Crippen molar-refractivity contribution in [2.45, 2.75) is 75.8 Å². The molecule has 0 aromatic heterocycles. The number of aliphatic hydroxyl groups is 3. The van der Waals surface area contributed by atoms with Gasteiger partial charge in [-0.05, 0) is 13.3 Å². The zero-order chi connectivity index (χ0) is 17.9.